The van der Waals surface area contributed by atoms with Gasteiger partial charge in [-0.3, -0.25) is 4.98 Å². The summed E-state index contributed by atoms with van der Waals surface area (Å²) >= 11 is 1.49. The third-order valence-corrected chi connectivity index (χ3v) is 5.29. The Morgan fingerprint density at radius 3 is 2.80 bits per heavy atom. The van der Waals surface area contributed by atoms with Crippen molar-refractivity contribution in [1.29, 1.82) is 0 Å². The summed E-state index contributed by atoms with van der Waals surface area (Å²) < 4.78 is 20.1. The van der Waals surface area contributed by atoms with Gasteiger partial charge in [-0.05, 0) is 42.8 Å². The molecule has 0 atom stereocenters. The maximum atomic E-state index is 13.0. The summed E-state index contributed by atoms with van der Waals surface area (Å²) in [7, 11) is 0. The summed E-state index contributed by atoms with van der Waals surface area (Å²) in [5.74, 6) is 0.714. The summed E-state index contributed by atoms with van der Waals surface area (Å²) in [5, 5.41) is 12.6. The number of anilines is 1. The van der Waals surface area contributed by atoms with Crippen molar-refractivity contribution in [3.8, 4) is 22.6 Å². The van der Waals surface area contributed by atoms with Gasteiger partial charge in [0.2, 0.25) is 21.8 Å². The number of imidazole rings is 1. The predicted molar refractivity (Wildman–Crippen MR) is 111 cm³/mol. The van der Waals surface area contributed by atoms with E-state index in [0.717, 1.165) is 33.3 Å². The Bertz CT molecular complexity index is 1230. The quantitative estimate of drug-likeness (QED) is 0.396. The van der Waals surface area contributed by atoms with Crippen molar-refractivity contribution in [2.75, 3.05) is 11.9 Å². The van der Waals surface area contributed by atoms with Crippen LogP contribution < -0.4 is 5.32 Å². The molecule has 4 aromatic heterocycles. The van der Waals surface area contributed by atoms with Crippen LogP contribution in [0.15, 0.2) is 59.5 Å². The van der Waals surface area contributed by atoms with E-state index in [0.29, 0.717) is 24.7 Å². The first-order valence-corrected chi connectivity index (χ1v) is 10.2. The highest BCUT2D eigenvalue weighted by atomic mass is 32.1. The van der Waals surface area contributed by atoms with Crippen molar-refractivity contribution < 1.29 is 8.91 Å². The van der Waals surface area contributed by atoms with Crippen LogP contribution in [0.3, 0.4) is 0 Å². The third-order valence-electron chi connectivity index (χ3n) is 4.41. The third kappa shape index (κ3) is 3.90. The highest BCUT2D eigenvalue weighted by Crippen LogP contribution is 2.24. The SMILES string of the molecule is Fc1ccc(-c2noc(CCCNc3nn4cc(-c5cccnc5)nc4s3)n2)cc1. The molecule has 5 aromatic rings. The van der Waals surface area contributed by atoms with Gasteiger partial charge in [0.25, 0.3) is 0 Å². The van der Waals surface area contributed by atoms with Crippen molar-refractivity contribution in [3.05, 3.63) is 66.7 Å². The summed E-state index contributed by atoms with van der Waals surface area (Å²) in [5.41, 5.74) is 2.53. The van der Waals surface area contributed by atoms with Gasteiger partial charge in [0.1, 0.15) is 5.82 Å². The molecule has 0 bridgehead atoms. The number of hydrogen-bond donors (Lipinski definition) is 1. The van der Waals surface area contributed by atoms with E-state index in [1.807, 2.05) is 18.3 Å². The lowest BCUT2D eigenvalue weighted by atomic mass is 10.2. The molecular weight excluding hydrogens is 405 g/mol. The van der Waals surface area contributed by atoms with Gasteiger partial charge < -0.3 is 9.84 Å². The predicted octanol–water partition coefficient (Wildman–Crippen LogP) is 4.09. The lowest BCUT2D eigenvalue weighted by Gasteiger charge is -1.99. The molecule has 0 saturated heterocycles. The van der Waals surface area contributed by atoms with Gasteiger partial charge in [-0.2, -0.15) is 4.98 Å². The molecule has 8 nitrogen and oxygen atoms in total. The lowest BCUT2D eigenvalue weighted by Crippen LogP contribution is -2.03. The average molecular weight is 421 g/mol. The van der Waals surface area contributed by atoms with Crippen LogP contribution in [0, 0.1) is 5.82 Å². The van der Waals surface area contributed by atoms with Gasteiger partial charge in [-0.25, -0.2) is 13.9 Å². The molecule has 0 aliphatic carbocycles. The van der Waals surface area contributed by atoms with Crippen LogP contribution in [0.5, 0.6) is 0 Å². The largest absolute Gasteiger partial charge is 0.360 e. The number of pyridine rings is 1. The van der Waals surface area contributed by atoms with Crippen molar-refractivity contribution in [1.82, 2.24) is 29.7 Å². The second-order valence-electron chi connectivity index (χ2n) is 6.55. The zero-order valence-corrected chi connectivity index (χ0v) is 16.5. The molecule has 150 valence electrons. The van der Waals surface area contributed by atoms with Gasteiger partial charge in [-0.15, -0.1) is 5.10 Å². The number of hydrogen-bond acceptors (Lipinski definition) is 8. The Morgan fingerprint density at radius 2 is 2.00 bits per heavy atom. The summed E-state index contributed by atoms with van der Waals surface area (Å²) in [6.45, 7) is 0.709. The number of aryl methyl sites for hydroxylation is 1. The first-order chi connectivity index (χ1) is 14.7. The molecule has 0 radical (unpaired) electrons. The Balaban J connectivity index is 1.15. The maximum Gasteiger partial charge on any atom is 0.227 e. The van der Waals surface area contributed by atoms with E-state index in [9.17, 15) is 4.39 Å². The van der Waals surface area contributed by atoms with E-state index in [1.165, 1.54) is 23.5 Å². The summed E-state index contributed by atoms with van der Waals surface area (Å²) in [6, 6.07) is 9.86. The molecule has 0 unspecified atom stereocenters. The topological polar surface area (TPSA) is 94.0 Å². The van der Waals surface area contributed by atoms with Crippen LogP contribution in [0.4, 0.5) is 9.52 Å². The van der Waals surface area contributed by atoms with Gasteiger partial charge in [-0.1, -0.05) is 16.5 Å². The number of rotatable bonds is 7. The molecule has 0 saturated carbocycles. The van der Waals surface area contributed by atoms with Crippen molar-refractivity contribution >= 4 is 21.4 Å². The molecule has 10 heteroatoms. The fourth-order valence-corrected chi connectivity index (χ4v) is 3.74. The van der Waals surface area contributed by atoms with Gasteiger partial charge in [0, 0.05) is 36.5 Å². The minimum absolute atomic E-state index is 0.295. The first-order valence-electron chi connectivity index (χ1n) is 9.33. The average Bonchev–Trinajstić information content (AvgIpc) is 3.47. The minimum atomic E-state index is -0.295. The summed E-state index contributed by atoms with van der Waals surface area (Å²) in [4.78, 5) is 13.9. The normalized spacial score (nSPS) is 11.2. The van der Waals surface area contributed by atoms with E-state index in [4.69, 9.17) is 4.52 Å². The number of halogens is 1. The number of nitrogens with one attached hydrogen (secondary N) is 1. The highest BCUT2D eigenvalue weighted by molar-refractivity contribution is 7.20. The van der Waals surface area contributed by atoms with Gasteiger partial charge in [0.05, 0.1) is 11.9 Å². The fraction of sp³-hybridized carbons (Fsp3) is 0.150. The molecule has 1 N–H and O–H groups in total. The summed E-state index contributed by atoms with van der Waals surface area (Å²) in [6.07, 6.45) is 6.84. The molecule has 0 spiro atoms. The number of nitrogens with zero attached hydrogens (tertiary/aromatic N) is 6. The van der Waals surface area contributed by atoms with Crippen LogP contribution in [0.1, 0.15) is 12.3 Å². The van der Waals surface area contributed by atoms with E-state index >= 15 is 0 Å². The smallest absolute Gasteiger partial charge is 0.227 e. The molecule has 4 heterocycles. The second-order valence-corrected chi connectivity index (χ2v) is 7.51. The Labute approximate surface area is 174 Å². The first kappa shape index (κ1) is 18.4. The standard InChI is InChI=1S/C20H16FN7OS/c21-15-7-5-13(6-8-15)18-25-17(29-27-18)4-2-10-23-19-26-28-12-16(24-20(28)30-19)14-3-1-9-22-11-14/h1,3,5-9,11-12H,2,4,10H2,(H,23,26). The molecule has 0 aliphatic rings. The molecule has 1 aromatic carbocycles. The van der Waals surface area contributed by atoms with Crippen LogP contribution >= 0.6 is 11.3 Å². The Kier molecular flexibility index (Phi) is 4.89. The molecule has 5 rings (SSSR count). The molecule has 0 fully saturated rings. The zero-order chi connectivity index (χ0) is 20.3. The number of fused-ring (bicyclic) bond motifs is 1. The number of benzene rings is 1. The van der Waals surface area contributed by atoms with Gasteiger partial charge >= 0.3 is 0 Å². The Morgan fingerprint density at radius 1 is 1.10 bits per heavy atom. The highest BCUT2D eigenvalue weighted by Gasteiger charge is 2.11. The van der Waals surface area contributed by atoms with E-state index in [-0.39, 0.29) is 5.82 Å². The van der Waals surface area contributed by atoms with E-state index in [1.54, 1.807) is 29.0 Å². The van der Waals surface area contributed by atoms with Crippen molar-refractivity contribution in [2.45, 2.75) is 12.8 Å². The maximum absolute atomic E-state index is 13.0. The molecule has 30 heavy (non-hydrogen) atoms. The van der Waals surface area contributed by atoms with Crippen LogP contribution in [-0.2, 0) is 6.42 Å². The molecule has 0 amide bonds. The number of aromatic nitrogens is 6. The van der Waals surface area contributed by atoms with Crippen LogP contribution in [0.2, 0.25) is 0 Å². The molecule has 0 aliphatic heterocycles. The van der Waals surface area contributed by atoms with E-state index < -0.39 is 0 Å². The van der Waals surface area contributed by atoms with Gasteiger partial charge in [0.15, 0.2) is 0 Å². The van der Waals surface area contributed by atoms with Crippen molar-refractivity contribution in [2.24, 2.45) is 0 Å². The monoisotopic (exact) mass is 421 g/mol. The molecular formula is C20H16FN7OS. The Hall–Kier alpha value is -3.66. The minimum Gasteiger partial charge on any atom is -0.360 e. The zero-order valence-electron chi connectivity index (χ0n) is 15.7. The van der Waals surface area contributed by atoms with Crippen molar-refractivity contribution in [3.63, 3.8) is 0 Å². The second kappa shape index (κ2) is 7.99. The fourth-order valence-electron chi connectivity index (χ4n) is 2.93. The van der Waals surface area contributed by atoms with Crippen LogP contribution in [0.25, 0.3) is 27.6 Å². The lowest BCUT2D eigenvalue weighted by molar-refractivity contribution is 0.377. The van der Waals surface area contributed by atoms with E-state index in [2.05, 4.69) is 30.5 Å². The van der Waals surface area contributed by atoms with Crippen LogP contribution in [-0.4, -0.2) is 36.3 Å².